The van der Waals surface area contributed by atoms with E-state index < -0.39 is 0 Å². The van der Waals surface area contributed by atoms with Gasteiger partial charge in [0.25, 0.3) is 0 Å². The summed E-state index contributed by atoms with van der Waals surface area (Å²) in [6, 6.07) is 6.94. The number of nitrogens with one attached hydrogen (secondary N) is 3. The van der Waals surface area contributed by atoms with Gasteiger partial charge in [-0.1, -0.05) is 6.07 Å². The van der Waals surface area contributed by atoms with E-state index in [1.165, 1.54) is 0 Å². The van der Waals surface area contributed by atoms with Gasteiger partial charge in [0.15, 0.2) is 11.5 Å². The van der Waals surface area contributed by atoms with Gasteiger partial charge in [-0.3, -0.25) is 5.10 Å². The van der Waals surface area contributed by atoms with E-state index in [0.29, 0.717) is 18.0 Å². The third-order valence-electron chi connectivity index (χ3n) is 3.25. The van der Waals surface area contributed by atoms with Crippen LogP contribution in [-0.4, -0.2) is 30.4 Å². The van der Waals surface area contributed by atoms with Crippen molar-refractivity contribution in [3.63, 3.8) is 0 Å². The van der Waals surface area contributed by atoms with Crippen LogP contribution in [0.3, 0.4) is 0 Å². The van der Waals surface area contributed by atoms with Gasteiger partial charge in [-0.2, -0.15) is 5.10 Å². The van der Waals surface area contributed by atoms with E-state index in [1.807, 2.05) is 25.1 Å². The van der Waals surface area contributed by atoms with Crippen LogP contribution < -0.4 is 20.1 Å². The number of benzene rings is 1. The molecule has 22 heavy (non-hydrogen) atoms. The van der Waals surface area contributed by atoms with Gasteiger partial charge in [0.2, 0.25) is 0 Å². The minimum atomic E-state index is -0.253. The zero-order valence-corrected chi connectivity index (χ0v) is 12.8. The molecule has 0 spiro atoms. The summed E-state index contributed by atoms with van der Waals surface area (Å²) in [6.07, 6.45) is 1.64. The normalized spacial score (nSPS) is 11.6. The van der Waals surface area contributed by atoms with E-state index in [1.54, 1.807) is 26.5 Å². The number of amides is 2. The molecule has 0 aliphatic carbocycles. The summed E-state index contributed by atoms with van der Waals surface area (Å²) in [4.78, 5) is 11.9. The maximum absolute atomic E-state index is 11.9. The number of carbonyl (C=O) groups is 1. The van der Waals surface area contributed by atoms with Crippen LogP contribution in [0, 0.1) is 0 Å². The second kappa shape index (κ2) is 7.35. The number of carbonyl (C=O) groups excluding carboxylic acids is 1. The lowest BCUT2D eigenvalue weighted by Crippen LogP contribution is -2.36. The number of methoxy groups -OCH3 is 2. The van der Waals surface area contributed by atoms with Crippen LogP contribution in [0.15, 0.2) is 30.5 Å². The summed E-state index contributed by atoms with van der Waals surface area (Å²) in [5.41, 5.74) is 1.77. The Morgan fingerprint density at radius 1 is 1.27 bits per heavy atom. The molecular weight excluding hydrogens is 284 g/mol. The second-order valence-corrected chi connectivity index (χ2v) is 4.75. The average molecular weight is 304 g/mol. The fourth-order valence-corrected chi connectivity index (χ4v) is 2.01. The van der Waals surface area contributed by atoms with E-state index in [4.69, 9.17) is 9.47 Å². The van der Waals surface area contributed by atoms with E-state index >= 15 is 0 Å². The highest BCUT2D eigenvalue weighted by Crippen LogP contribution is 2.29. The molecule has 0 aliphatic rings. The lowest BCUT2D eigenvalue weighted by atomic mass is 10.1. The van der Waals surface area contributed by atoms with Crippen molar-refractivity contribution in [3.05, 3.63) is 41.7 Å². The Bertz CT molecular complexity index is 613. The first-order valence-corrected chi connectivity index (χ1v) is 6.88. The molecule has 2 amide bonds. The Balaban J connectivity index is 1.93. The lowest BCUT2D eigenvalue weighted by molar-refractivity contribution is 0.237. The van der Waals surface area contributed by atoms with E-state index in [-0.39, 0.29) is 12.1 Å². The summed E-state index contributed by atoms with van der Waals surface area (Å²) < 4.78 is 10.5. The standard InChI is InChI=1S/C15H20N4O3/c1-10(11-4-5-13(21-2)14(8-11)22-3)18-15(20)16-9-12-6-7-17-19-12/h4-8,10H,9H2,1-3H3,(H,17,19)(H2,16,18,20)/t10-/m1/s1. The number of hydrogen-bond acceptors (Lipinski definition) is 4. The second-order valence-electron chi connectivity index (χ2n) is 4.75. The fraction of sp³-hybridized carbons (Fsp3) is 0.333. The van der Waals surface area contributed by atoms with Gasteiger partial charge < -0.3 is 20.1 Å². The highest BCUT2D eigenvalue weighted by atomic mass is 16.5. The fourth-order valence-electron chi connectivity index (χ4n) is 2.01. The summed E-state index contributed by atoms with van der Waals surface area (Å²) in [7, 11) is 3.17. The number of H-pyrrole nitrogens is 1. The van der Waals surface area contributed by atoms with Gasteiger partial charge in [-0.05, 0) is 30.7 Å². The number of aromatic nitrogens is 2. The van der Waals surface area contributed by atoms with Crippen LogP contribution in [0.5, 0.6) is 11.5 Å². The first kappa shape index (κ1) is 15.7. The van der Waals surface area contributed by atoms with Gasteiger partial charge in [-0.15, -0.1) is 0 Å². The van der Waals surface area contributed by atoms with Crippen LogP contribution in [0.1, 0.15) is 24.2 Å². The molecule has 2 aromatic rings. The molecule has 0 bridgehead atoms. The molecule has 7 heteroatoms. The Morgan fingerprint density at radius 2 is 2.05 bits per heavy atom. The van der Waals surface area contributed by atoms with Gasteiger partial charge in [0, 0.05) is 6.20 Å². The Hall–Kier alpha value is -2.70. The smallest absolute Gasteiger partial charge is 0.315 e. The zero-order chi connectivity index (χ0) is 15.9. The topological polar surface area (TPSA) is 88.3 Å². The molecule has 0 saturated carbocycles. The molecule has 1 atom stereocenters. The van der Waals surface area contributed by atoms with Crippen molar-refractivity contribution in [2.45, 2.75) is 19.5 Å². The van der Waals surface area contributed by atoms with E-state index in [0.717, 1.165) is 11.3 Å². The molecule has 7 nitrogen and oxygen atoms in total. The van der Waals surface area contributed by atoms with Crippen molar-refractivity contribution in [1.82, 2.24) is 20.8 Å². The monoisotopic (exact) mass is 304 g/mol. The Kier molecular flexibility index (Phi) is 5.24. The van der Waals surface area contributed by atoms with E-state index in [2.05, 4.69) is 20.8 Å². The van der Waals surface area contributed by atoms with Crippen LogP contribution in [0.4, 0.5) is 4.79 Å². The predicted molar refractivity (Wildman–Crippen MR) is 81.9 cm³/mol. The molecule has 0 radical (unpaired) electrons. The van der Waals surface area contributed by atoms with E-state index in [9.17, 15) is 4.79 Å². The molecule has 1 aromatic carbocycles. The van der Waals surface area contributed by atoms with Gasteiger partial charge >= 0.3 is 6.03 Å². The Morgan fingerprint density at radius 3 is 2.68 bits per heavy atom. The predicted octanol–water partition coefficient (Wildman–Crippen LogP) is 1.99. The minimum absolute atomic E-state index is 0.165. The quantitative estimate of drug-likeness (QED) is 0.761. The van der Waals surface area contributed by atoms with Crippen molar-refractivity contribution in [3.8, 4) is 11.5 Å². The molecule has 3 N–H and O–H groups in total. The number of rotatable bonds is 6. The third kappa shape index (κ3) is 3.91. The lowest BCUT2D eigenvalue weighted by Gasteiger charge is -2.17. The highest BCUT2D eigenvalue weighted by Gasteiger charge is 2.12. The van der Waals surface area contributed by atoms with Crippen LogP contribution >= 0.6 is 0 Å². The first-order valence-electron chi connectivity index (χ1n) is 6.88. The maximum atomic E-state index is 11.9. The summed E-state index contributed by atoms with van der Waals surface area (Å²) in [6.45, 7) is 2.29. The summed E-state index contributed by atoms with van der Waals surface area (Å²) >= 11 is 0. The molecule has 0 unspecified atom stereocenters. The first-order chi connectivity index (χ1) is 10.6. The molecule has 0 aliphatic heterocycles. The van der Waals surface area contributed by atoms with Gasteiger partial charge in [0.1, 0.15) is 0 Å². The summed E-state index contributed by atoms with van der Waals surface area (Å²) in [5.74, 6) is 1.29. The molecule has 118 valence electrons. The third-order valence-corrected chi connectivity index (χ3v) is 3.25. The number of nitrogens with zero attached hydrogens (tertiary/aromatic N) is 1. The number of hydrogen-bond donors (Lipinski definition) is 3. The van der Waals surface area contributed by atoms with Gasteiger partial charge in [0.05, 0.1) is 32.5 Å². The zero-order valence-electron chi connectivity index (χ0n) is 12.8. The number of ether oxygens (including phenoxy) is 2. The van der Waals surface area contributed by atoms with Crippen LogP contribution in [0.25, 0.3) is 0 Å². The highest BCUT2D eigenvalue weighted by molar-refractivity contribution is 5.74. The average Bonchev–Trinajstić information content (AvgIpc) is 3.05. The molecular formula is C15H20N4O3. The maximum Gasteiger partial charge on any atom is 0.315 e. The van der Waals surface area contributed by atoms with Crippen molar-refractivity contribution < 1.29 is 14.3 Å². The van der Waals surface area contributed by atoms with Crippen LogP contribution in [0.2, 0.25) is 0 Å². The molecule has 2 rings (SSSR count). The largest absolute Gasteiger partial charge is 0.493 e. The van der Waals surface area contributed by atoms with Crippen molar-refractivity contribution >= 4 is 6.03 Å². The number of urea groups is 1. The number of aromatic amines is 1. The summed E-state index contributed by atoms with van der Waals surface area (Å²) in [5, 5.41) is 12.2. The van der Waals surface area contributed by atoms with Crippen molar-refractivity contribution in [2.24, 2.45) is 0 Å². The molecule has 0 fully saturated rings. The SMILES string of the molecule is COc1ccc([C@@H](C)NC(=O)NCc2ccn[nH]2)cc1OC. The minimum Gasteiger partial charge on any atom is -0.493 e. The van der Waals surface area contributed by atoms with Crippen molar-refractivity contribution in [1.29, 1.82) is 0 Å². The molecule has 1 heterocycles. The van der Waals surface area contributed by atoms with Crippen molar-refractivity contribution in [2.75, 3.05) is 14.2 Å². The Labute approximate surface area is 129 Å². The van der Waals surface area contributed by atoms with Crippen LogP contribution in [-0.2, 0) is 6.54 Å². The molecule has 1 aromatic heterocycles. The molecule has 0 saturated heterocycles. The van der Waals surface area contributed by atoms with Gasteiger partial charge in [-0.25, -0.2) is 4.79 Å².